The summed E-state index contributed by atoms with van der Waals surface area (Å²) in [6, 6.07) is 7.68. The molecule has 44 heavy (non-hydrogen) atoms. The maximum atomic E-state index is 12.6. The topological polar surface area (TPSA) is 101 Å². The fraction of sp³-hybridized carbons (Fsp3) is 0.472. The standard InChI is InChI=1S/C36H46N2O5.Co/c1-6-26-17-28(7-2)31(19-26)36(41)43-13-12-42-22-27-16-25(5)35(40)30(18-27)21-38-33-11-9-8-10-32(33)37-20-29-15-23(3)14-24(4)34(29)39;/h6-7,14-16,18,20-21,26,28,31-33,39-40H,1-2,8-13,17,19,22H2,3-5H3;/t26?,28?,31?,32-,33?;/m1./s1. The second-order valence-corrected chi connectivity index (χ2v) is 12.0. The number of rotatable bonds is 12. The Morgan fingerprint density at radius 2 is 1.50 bits per heavy atom. The second-order valence-electron chi connectivity index (χ2n) is 12.0. The molecule has 239 valence electrons. The van der Waals surface area contributed by atoms with Crippen LogP contribution in [0.1, 0.15) is 71.9 Å². The van der Waals surface area contributed by atoms with Crippen LogP contribution in [0.4, 0.5) is 0 Å². The zero-order chi connectivity index (χ0) is 30.9. The van der Waals surface area contributed by atoms with Crippen LogP contribution in [0.2, 0.25) is 0 Å². The molecular weight excluding hydrogens is 599 g/mol. The van der Waals surface area contributed by atoms with Crippen molar-refractivity contribution in [1.82, 2.24) is 0 Å². The summed E-state index contributed by atoms with van der Waals surface area (Å²) < 4.78 is 11.3. The summed E-state index contributed by atoms with van der Waals surface area (Å²) in [5, 5.41) is 21.2. The molecule has 0 bridgehead atoms. The Kier molecular flexibility index (Phi) is 13.4. The third-order valence-corrected chi connectivity index (χ3v) is 8.70. The molecule has 0 heterocycles. The fourth-order valence-electron chi connectivity index (χ4n) is 6.28. The minimum atomic E-state index is -0.201. The number of hydrogen-bond donors (Lipinski definition) is 2. The Bertz CT molecular complexity index is 1370. The molecule has 0 aliphatic heterocycles. The molecule has 1 radical (unpaired) electrons. The number of nitrogens with zero attached hydrogens (tertiary/aromatic N) is 2. The van der Waals surface area contributed by atoms with Gasteiger partial charge in [0, 0.05) is 40.3 Å². The molecule has 8 heteroatoms. The number of carbonyl (C=O) groups is 1. The number of phenols is 2. The van der Waals surface area contributed by atoms with Crippen LogP contribution in [0.15, 0.2) is 59.6 Å². The van der Waals surface area contributed by atoms with Gasteiger partial charge in [-0.1, -0.05) is 37.1 Å². The van der Waals surface area contributed by atoms with E-state index in [1.165, 1.54) is 0 Å². The molecule has 2 aliphatic carbocycles. The van der Waals surface area contributed by atoms with Crippen molar-refractivity contribution in [1.29, 1.82) is 0 Å². The predicted octanol–water partition coefficient (Wildman–Crippen LogP) is 6.94. The van der Waals surface area contributed by atoms with Crippen LogP contribution in [0, 0.1) is 38.5 Å². The molecule has 4 rings (SSSR count). The smallest absolute Gasteiger partial charge is 0.309 e. The van der Waals surface area contributed by atoms with Gasteiger partial charge in [-0.05, 0) is 92.7 Å². The summed E-state index contributed by atoms with van der Waals surface area (Å²) in [6.07, 6.45) is 12.9. The normalized spacial score (nSPS) is 23.5. The van der Waals surface area contributed by atoms with Gasteiger partial charge in [-0.3, -0.25) is 14.8 Å². The van der Waals surface area contributed by atoms with Crippen LogP contribution in [-0.4, -0.2) is 53.9 Å². The number of esters is 1. The third-order valence-electron chi connectivity index (χ3n) is 8.70. The quantitative estimate of drug-likeness (QED) is 0.113. The minimum Gasteiger partial charge on any atom is -0.507 e. The molecule has 7 nitrogen and oxygen atoms in total. The number of benzene rings is 2. The van der Waals surface area contributed by atoms with E-state index >= 15 is 0 Å². The predicted molar refractivity (Wildman–Crippen MR) is 172 cm³/mol. The Morgan fingerprint density at radius 3 is 2.11 bits per heavy atom. The molecule has 4 unspecified atom stereocenters. The molecule has 0 spiro atoms. The van der Waals surface area contributed by atoms with Crippen molar-refractivity contribution in [3.05, 3.63) is 83.0 Å². The van der Waals surface area contributed by atoms with E-state index in [0.717, 1.165) is 66.3 Å². The summed E-state index contributed by atoms with van der Waals surface area (Å²) in [5.74, 6) is 0.533. The largest absolute Gasteiger partial charge is 0.507 e. The van der Waals surface area contributed by atoms with Crippen LogP contribution in [0.3, 0.4) is 0 Å². The van der Waals surface area contributed by atoms with Crippen molar-refractivity contribution in [2.75, 3.05) is 13.2 Å². The molecule has 2 aliphatic rings. The van der Waals surface area contributed by atoms with Gasteiger partial charge < -0.3 is 19.7 Å². The minimum absolute atomic E-state index is 0. The summed E-state index contributed by atoms with van der Waals surface area (Å²) in [6.45, 7) is 14.3. The number of phenolic OH excluding ortho intramolecular Hbond substituents is 2. The molecule has 2 fully saturated rings. The van der Waals surface area contributed by atoms with E-state index in [-0.39, 0.29) is 71.4 Å². The first kappa shape index (κ1) is 35.3. The maximum absolute atomic E-state index is 12.6. The van der Waals surface area contributed by atoms with Gasteiger partial charge in [0.1, 0.15) is 18.1 Å². The first-order valence-corrected chi connectivity index (χ1v) is 15.4. The Hall–Kier alpha value is -3.20. The van der Waals surface area contributed by atoms with E-state index in [1.807, 2.05) is 57.2 Å². The summed E-state index contributed by atoms with van der Waals surface area (Å²) >= 11 is 0. The average Bonchev–Trinajstić information content (AvgIpc) is 3.43. The first-order chi connectivity index (χ1) is 20.7. The SMILES string of the molecule is C=CC1CC(C=C)C(C(=O)OCCOCc2cc(C)c(O)c(C=NC3CCCC[C@H]3N=Cc3cc(C)cc(C)c3O)c2)C1.[Co]. The van der Waals surface area contributed by atoms with Crippen molar-refractivity contribution in [2.24, 2.45) is 27.7 Å². The van der Waals surface area contributed by atoms with E-state index < -0.39 is 0 Å². The molecule has 2 saturated carbocycles. The number of aromatic hydroxyl groups is 2. The van der Waals surface area contributed by atoms with Gasteiger partial charge in [0.15, 0.2) is 0 Å². The Morgan fingerprint density at radius 1 is 0.886 bits per heavy atom. The number of carbonyl (C=O) groups excluding carboxylic acids is 1. The Labute approximate surface area is 272 Å². The molecule has 2 aromatic rings. The number of ether oxygens (including phenoxy) is 2. The maximum Gasteiger partial charge on any atom is 0.309 e. The van der Waals surface area contributed by atoms with Crippen molar-refractivity contribution in [2.45, 2.75) is 78.0 Å². The van der Waals surface area contributed by atoms with Gasteiger partial charge >= 0.3 is 5.97 Å². The summed E-state index contributed by atoms with van der Waals surface area (Å²) in [4.78, 5) is 22.3. The van der Waals surface area contributed by atoms with Crippen molar-refractivity contribution >= 4 is 18.4 Å². The van der Waals surface area contributed by atoms with E-state index in [2.05, 4.69) is 13.2 Å². The summed E-state index contributed by atoms with van der Waals surface area (Å²) in [5.41, 5.74) is 4.93. The van der Waals surface area contributed by atoms with E-state index in [0.29, 0.717) is 18.1 Å². The average molecular weight is 646 g/mol. The third kappa shape index (κ3) is 9.16. The zero-order valence-corrected chi connectivity index (χ0v) is 27.2. The Balaban J connectivity index is 0.00000529. The monoisotopic (exact) mass is 645 g/mol. The zero-order valence-electron chi connectivity index (χ0n) is 26.1. The van der Waals surface area contributed by atoms with Crippen molar-refractivity contribution in [3.8, 4) is 11.5 Å². The number of aryl methyl sites for hydroxylation is 3. The van der Waals surface area contributed by atoms with E-state index in [4.69, 9.17) is 19.5 Å². The number of aliphatic imine (C=N–C) groups is 2. The van der Waals surface area contributed by atoms with Crippen LogP contribution in [-0.2, 0) is 37.7 Å². The number of hydrogen-bond acceptors (Lipinski definition) is 7. The summed E-state index contributed by atoms with van der Waals surface area (Å²) in [7, 11) is 0. The van der Waals surface area contributed by atoms with E-state index in [1.54, 1.807) is 12.4 Å². The van der Waals surface area contributed by atoms with Gasteiger partial charge in [-0.15, -0.1) is 13.2 Å². The van der Waals surface area contributed by atoms with Crippen LogP contribution in [0.5, 0.6) is 11.5 Å². The van der Waals surface area contributed by atoms with Gasteiger partial charge in [-0.2, -0.15) is 0 Å². The molecule has 0 aromatic heterocycles. The molecule has 5 atom stereocenters. The van der Waals surface area contributed by atoms with Gasteiger partial charge in [-0.25, -0.2) is 0 Å². The molecule has 0 saturated heterocycles. The molecule has 0 amide bonds. The molecule has 2 N–H and O–H groups in total. The molecule has 2 aromatic carbocycles. The number of allylic oxidation sites excluding steroid dienone is 2. The van der Waals surface area contributed by atoms with Crippen LogP contribution < -0.4 is 0 Å². The van der Waals surface area contributed by atoms with Crippen LogP contribution >= 0.6 is 0 Å². The van der Waals surface area contributed by atoms with E-state index in [9.17, 15) is 15.0 Å². The van der Waals surface area contributed by atoms with Crippen molar-refractivity contribution < 1.29 is 41.3 Å². The molecular formula is C36H46CoN2O5. The first-order valence-electron chi connectivity index (χ1n) is 15.4. The van der Waals surface area contributed by atoms with Gasteiger partial charge in [0.25, 0.3) is 0 Å². The van der Waals surface area contributed by atoms with Crippen LogP contribution in [0.25, 0.3) is 0 Å². The van der Waals surface area contributed by atoms with Crippen molar-refractivity contribution in [3.63, 3.8) is 0 Å². The second kappa shape index (κ2) is 16.8. The fourth-order valence-corrected chi connectivity index (χ4v) is 6.28. The van der Waals surface area contributed by atoms with Gasteiger partial charge in [0.05, 0.1) is 31.2 Å². The van der Waals surface area contributed by atoms with Gasteiger partial charge in [0.2, 0.25) is 0 Å².